The number of nitrogens with one attached hydrogen (secondary N) is 2. The van der Waals surface area contributed by atoms with E-state index in [1.54, 1.807) is 30.5 Å². The van der Waals surface area contributed by atoms with Gasteiger partial charge in [0.25, 0.3) is 0 Å². The van der Waals surface area contributed by atoms with Crippen LogP contribution in [-0.2, 0) is 23.1 Å². The average molecular weight is 338 g/mol. The number of rotatable bonds is 5. The lowest BCUT2D eigenvalue weighted by Crippen LogP contribution is -2.36. The van der Waals surface area contributed by atoms with E-state index >= 15 is 0 Å². The van der Waals surface area contributed by atoms with Crippen LogP contribution in [0.25, 0.3) is 0 Å². The van der Waals surface area contributed by atoms with E-state index in [9.17, 15) is 8.42 Å². The van der Waals surface area contributed by atoms with E-state index in [0.29, 0.717) is 19.0 Å². The summed E-state index contributed by atoms with van der Waals surface area (Å²) in [5.41, 5.74) is 0.937. The molecule has 0 saturated heterocycles. The third-order valence-corrected chi connectivity index (χ3v) is 4.75. The Balaban J connectivity index is 1.88. The zero-order valence-corrected chi connectivity index (χ0v) is 13.7. The van der Waals surface area contributed by atoms with Crippen LogP contribution in [0.3, 0.4) is 0 Å². The molecule has 0 saturated carbocycles. The van der Waals surface area contributed by atoms with Gasteiger partial charge in [-0.25, -0.2) is 13.6 Å². The Morgan fingerprint density at radius 3 is 2.41 bits per heavy atom. The molecule has 1 heterocycles. The van der Waals surface area contributed by atoms with Crippen molar-refractivity contribution >= 4 is 27.3 Å². The van der Waals surface area contributed by atoms with Crippen LogP contribution in [0.5, 0.6) is 0 Å². The SMILES string of the molecule is CN=C(NCc1ccc(S(N)(=O)=O)cc1)NCc1cccs1. The molecule has 2 rings (SSSR count). The van der Waals surface area contributed by atoms with Gasteiger partial charge in [-0.2, -0.15) is 0 Å². The summed E-state index contributed by atoms with van der Waals surface area (Å²) in [7, 11) is -1.94. The molecular formula is C14H18N4O2S2. The van der Waals surface area contributed by atoms with E-state index in [2.05, 4.69) is 21.7 Å². The van der Waals surface area contributed by atoms with Crippen LogP contribution in [0, 0.1) is 0 Å². The van der Waals surface area contributed by atoms with Gasteiger partial charge < -0.3 is 10.6 Å². The van der Waals surface area contributed by atoms with E-state index in [-0.39, 0.29) is 4.90 Å². The molecule has 0 aliphatic heterocycles. The number of hydrogen-bond acceptors (Lipinski definition) is 4. The lowest BCUT2D eigenvalue weighted by molar-refractivity contribution is 0.597. The van der Waals surface area contributed by atoms with Gasteiger partial charge in [0.05, 0.1) is 11.4 Å². The first-order valence-electron chi connectivity index (χ1n) is 6.57. The molecule has 0 spiro atoms. The summed E-state index contributed by atoms with van der Waals surface area (Å²) in [5.74, 6) is 0.684. The Morgan fingerprint density at radius 1 is 1.18 bits per heavy atom. The van der Waals surface area contributed by atoms with Gasteiger partial charge in [0, 0.05) is 18.5 Å². The number of benzene rings is 1. The molecule has 0 atom stereocenters. The third kappa shape index (κ3) is 4.83. The Labute approximate surface area is 134 Å². The molecule has 1 aromatic carbocycles. The predicted octanol–water partition coefficient (Wildman–Crippen LogP) is 1.26. The second-order valence-corrected chi connectivity index (χ2v) is 7.14. The number of guanidine groups is 1. The molecule has 6 nitrogen and oxygen atoms in total. The summed E-state index contributed by atoms with van der Waals surface area (Å²) in [6.45, 7) is 1.25. The van der Waals surface area contributed by atoms with E-state index in [1.165, 1.54) is 17.0 Å². The molecule has 0 aliphatic carbocycles. The fourth-order valence-corrected chi connectivity index (χ4v) is 2.95. The van der Waals surface area contributed by atoms with Gasteiger partial charge in [-0.15, -0.1) is 11.3 Å². The van der Waals surface area contributed by atoms with Crippen molar-refractivity contribution in [3.63, 3.8) is 0 Å². The minimum absolute atomic E-state index is 0.108. The summed E-state index contributed by atoms with van der Waals surface area (Å²) in [6, 6.07) is 10.5. The molecule has 0 unspecified atom stereocenters. The maximum Gasteiger partial charge on any atom is 0.238 e. The Kier molecular flexibility index (Phi) is 5.53. The predicted molar refractivity (Wildman–Crippen MR) is 89.2 cm³/mol. The van der Waals surface area contributed by atoms with E-state index < -0.39 is 10.0 Å². The molecule has 0 bridgehead atoms. The summed E-state index contributed by atoms with van der Waals surface area (Å²) >= 11 is 1.68. The number of sulfonamides is 1. The van der Waals surface area contributed by atoms with Crippen molar-refractivity contribution < 1.29 is 8.42 Å². The molecule has 0 fully saturated rings. The van der Waals surface area contributed by atoms with Crippen LogP contribution in [0.4, 0.5) is 0 Å². The van der Waals surface area contributed by atoms with Crippen molar-refractivity contribution in [1.82, 2.24) is 10.6 Å². The van der Waals surface area contributed by atoms with Gasteiger partial charge in [0.2, 0.25) is 10.0 Å². The van der Waals surface area contributed by atoms with Gasteiger partial charge in [0.15, 0.2) is 5.96 Å². The molecule has 22 heavy (non-hydrogen) atoms. The molecule has 2 aromatic rings. The minimum atomic E-state index is -3.64. The molecule has 118 valence electrons. The number of nitrogens with two attached hydrogens (primary N) is 1. The fraction of sp³-hybridized carbons (Fsp3) is 0.214. The number of aliphatic imine (C=N–C) groups is 1. The van der Waals surface area contributed by atoms with Gasteiger partial charge in [0.1, 0.15) is 0 Å². The Hall–Kier alpha value is -1.90. The lowest BCUT2D eigenvalue weighted by Gasteiger charge is -2.11. The topological polar surface area (TPSA) is 96.6 Å². The van der Waals surface area contributed by atoms with Crippen molar-refractivity contribution in [3.05, 3.63) is 52.2 Å². The number of hydrogen-bond donors (Lipinski definition) is 3. The van der Waals surface area contributed by atoms with E-state index in [1.807, 2.05) is 11.4 Å². The summed E-state index contributed by atoms with van der Waals surface area (Å²) < 4.78 is 22.4. The van der Waals surface area contributed by atoms with Crippen molar-refractivity contribution in [2.24, 2.45) is 10.1 Å². The van der Waals surface area contributed by atoms with Crippen LogP contribution in [0.2, 0.25) is 0 Å². The molecule has 4 N–H and O–H groups in total. The number of thiophene rings is 1. The Bertz CT molecular complexity index is 723. The summed E-state index contributed by atoms with van der Waals surface area (Å²) in [4.78, 5) is 5.47. The van der Waals surface area contributed by atoms with Crippen molar-refractivity contribution in [2.75, 3.05) is 7.05 Å². The first-order chi connectivity index (χ1) is 10.5. The molecular weight excluding hydrogens is 320 g/mol. The standard InChI is InChI=1S/C14H18N4O2S2/c1-16-14(18-10-12-3-2-8-21-12)17-9-11-4-6-13(7-5-11)22(15,19)20/h2-8H,9-10H2,1H3,(H2,15,19,20)(H2,16,17,18). The van der Waals surface area contributed by atoms with Gasteiger partial charge >= 0.3 is 0 Å². The van der Waals surface area contributed by atoms with E-state index in [4.69, 9.17) is 5.14 Å². The smallest absolute Gasteiger partial charge is 0.238 e. The van der Waals surface area contributed by atoms with Gasteiger partial charge in [-0.3, -0.25) is 4.99 Å². The van der Waals surface area contributed by atoms with Crippen molar-refractivity contribution in [1.29, 1.82) is 0 Å². The fourth-order valence-electron chi connectivity index (χ4n) is 1.79. The quantitative estimate of drug-likeness (QED) is 0.565. The maximum absolute atomic E-state index is 11.2. The van der Waals surface area contributed by atoms with E-state index in [0.717, 1.165) is 5.56 Å². The van der Waals surface area contributed by atoms with Crippen LogP contribution in [0.15, 0.2) is 51.7 Å². The zero-order valence-electron chi connectivity index (χ0n) is 12.1. The largest absolute Gasteiger partial charge is 0.352 e. The summed E-state index contributed by atoms with van der Waals surface area (Å²) in [5, 5.41) is 13.5. The lowest BCUT2D eigenvalue weighted by atomic mass is 10.2. The summed E-state index contributed by atoms with van der Waals surface area (Å²) in [6.07, 6.45) is 0. The molecule has 8 heteroatoms. The van der Waals surface area contributed by atoms with Crippen LogP contribution < -0.4 is 15.8 Å². The maximum atomic E-state index is 11.2. The zero-order chi connectivity index (χ0) is 16.0. The Morgan fingerprint density at radius 2 is 1.86 bits per heavy atom. The third-order valence-electron chi connectivity index (χ3n) is 2.95. The molecule has 0 radical (unpaired) electrons. The monoisotopic (exact) mass is 338 g/mol. The molecule has 1 aromatic heterocycles. The highest BCUT2D eigenvalue weighted by Gasteiger charge is 2.06. The second kappa shape index (κ2) is 7.39. The average Bonchev–Trinajstić information content (AvgIpc) is 3.00. The number of nitrogens with zero attached hydrogens (tertiary/aromatic N) is 1. The highest BCUT2D eigenvalue weighted by Crippen LogP contribution is 2.09. The molecule has 0 aliphatic rings. The second-order valence-electron chi connectivity index (χ2n) is 4.55. The van der Waals surface area contributed by atoms with Crippen molar-refractivity contribution in [2.45, 2.75) is 18.0 Å². The highest BCUT2D eigenvalue weighted by atomic mass is 32.2. The van der Waals surface area contributed by atoms with Crippen molar-refractivity contribution in [3.8, 4) is 0 Å². The van der Waals surface area contributed by atoms with Crippen LogP contribution >= 0.6 is 11.3 Å². The normalized spacial score (nSPS) is 12.2. The first kappa shape index (κ1) is 16.5. The minimum Gasteiger partial charge on any atom is -0.352 e. The van der Waals surface area contributed by atoms with Crippen LogP contribution in [0.1, 0.15) is 10.4 Å². The van der Waals surface area contributed by atoms with Crippen LogP contribution in [-0.4, -0.2) is 21.4 Å². The van der Waals surface area contributed by atoms with Gasteiger partial charge in [-0.1, -0.05) is 18.2 Å². The molecule has 0 amide bonds. The highest BCUT2D eigenvalue weighted by molar-refractivity contribution is 7.89. The number of primary sulfonamides is 1. The van der Waals surface area contributed by atoms with Gasteiger partial charge in [-0.05, 0) is 29.1 Å². The first-order valence-corrected chi connectivity index (χ1v) is 9.00.